The number of anilines is 1. The van der Waals surface area contributed by atoms with Crippen LogP contribution >= 0.6 is 11.3 Å². The summed E-state index contributed by atoms with van der Waals surface area (Å²) < 4.78 is 2.91. The molecule has 0 spiro atoms. The molecule has 1 amide bonds. The van der Waals surface area contributed by atoms with Gasteiger partial charge in [0.05, 0.1) is 10.2 Å². The molecule has 0 unspecified atom stereocenters. The molecule has 0 aliphatic heterocycles. The molecule has 0 saturated heterocycles. The molecule has 0 atom stereocenters. The van der Waals surface area contributed by atoms with E-state index in [9.17, 15) is 4.79 Å². The van der Waals surface area contributed by atoms with E-state index in [1.807, 2.05) is 18.7 Å². The topological polar surface area (TPSA) is 54.3 Å². The third kappa shape index (κ3) is 4.67. The zero-order valence-corrected chi connectivity index (χ0v) is 18.9. The van der Waals surface area contributed by atoms with E-state index < -0.39 is 0 Å². The van der Waals surface area contributed by atoms with E-state index in [1.165, 1.54) is 5.56 Å². The van der Waals surface area contributed by atoms with E-state index in [-0.39, 0.29) is 11.9 Å². The minimum absolute atomic E-state index is 0.0434. The summed E-state index contributed by atoms with van der Waals surface area (Å²) in [7, 11) is 0. The summed E-state index contributed by atoms with van der Waals surface area (Å²) in [6.45, 7) is 13.8. The first-order chi connectivity index (χ1) is 14.0. The van der Waals surface area contributed by atoms with Crippen LogP contribution in [0.4, 0.5) is 5.13 Å². The van der Waals surface area contributed by atoms with E-state index in [0.29, 0.717) is 12.2 Å². The lowest BCUT2D eigenvalue weighted by Crippen LogP contribution is -2.39. The van der Waals surface area contributed by atoms with E-state index in [0.717, 1.165) is 41.4 Å². The number of likely N-dealkylation sites (N-methyl/N-ethyl adjacent to an activating group) is 1. The molecule has 1 aromatic carbocycles. The van der Waals surface area contributed by atoms with Crippen LogP contribution in [0.25, 0.3) is 10.2 Å². The van der Waals surface area contributed by atoms with Crippen molar-refractivity contribution in [3.8, 4) is 0 Å². The van der Waals surface area contributed by atoms with Gasteiger partial charge in [-0.25, -0.2) is 4.98 Å². The maximum absolute atomic E-state index is 13.5. The second kappa shape index (κ2) is 9.50. The Morgan fingerprint density at radius 3 is 2.55 bits per heavy atom. The molecule has 29 heavy (non-hydrogen) atoms. The predicted octanol–water partition coefficient (Wildman–Crippen LogP) is 4.62. The Kier molecular flexibility index (Phi) is 7.03. The average molecular weight is 414 g/mol. The van der Waals surface area contributed by atoms with Crippen LogP contribution < -0.4 is 4.90 Å². The van der Waals surface area contributed by atoms with Gasteiger partial charge >= 0.3 is 0 Å². The van der Waals surface area contributed by atoms with Gasteiger partial charge in [0.1, 0.15) is 5.69 Å². The number of amides is 1. The highest BCUT2D eigenvalue weighted by molar-refractivity contribution is 7.22. The number of fused-ring (bicyclic) bond motifs is 1. The van der Waals surface area contributed by atoms with Crippen molar-refractivity contribution in [2.45, 2.75) is 47.1 Å². The maximum Gasteiger partial charge on any atom is 0.278 e. The highest BCUT2D eigenvalue weighted by atomic mass is 32.1. The van der Waals surface area contributed by atoms with Gasteiger partial charge in [-0.15, -0.1) is 0 Å². The van der Waals surface area contributed by atoms with Gasteiger partial charge in [0.15, 0.2) is 5.13 Å². The molecule has 0 fully saturated rings. The minimum atomic E-state index is -0.0434. The highest BCUT2D eigenvalue weighted by Gasteiger charge is 2.25. The van der Waals surface area contributed by atoms with Gasteiger partial charge in [0.2, 0.25) is 0 Å². The third-order valence-electron chi connectivity index (χ3n) is 5.24. The number of aryl methyl sites for hydroxylation is 1. The Labute approximate surface area is 177 Å². The number of hydrogen-bond acceptors (Lipinski definition) is 5. The molecule has 6 nitrogen and oxygen atoms in total. The van der Waals surface area contributed by atoms with Crippen LogP contribution in [0.2, 0.25) is 0 Å². The number of benzene rings is 1. The third-order valence-corrected chi connectivity index (χ3v) is 6.28. The van der Waals surface area contributed by atoms with Crippen molar-refractivity contribution in [3.05, 3.63) is 41.7 Å². The zero-order chi connectivity index (χ0) is 21.0. The Balaban J connectivity index is 1.98. The van der Waals surface area contributed by atoms with Gasteiger partial charge in [0, 0.05) is 25.3 Å². The summed E-state index contributed by atoms with van der Waals surface area (Å²) >= 11 is 1.59. The van der Waals surface area contributed by atoms with Crippen molar-refractivity contribution in [1.29, 1.82) is 0 Å². The van der Waals surface area contributed by atoms with Crippen LogP contribution in [0.5, 0.6) is 0 Å². The van der Waals surface area contributed by atoms with E-state index in [2.05, 4.69) is 49.0 Å². The lowest BCUT2D eigenvalue weighted by Gasteiger charge is -2.25. The fraction of sp³-hybridized carbons (Fsp3) is 0.500. The number of hydrogen-bond donors (Lipinski definition) is 0. The van der Waals surface area contributed by atoms with Gasteiger partial charge in [-0.1, -0.05) is 38.2 Å². The zero-order valence-electron chi connectivity index (χ0n) is 18.1. The van der Waals surface area contributed by atoms with E-state index >= 15 is 0 Å². The summed E-state index contributed by atoms with van der Waals surface area (Å²) in [5.41, 5.74) is 2.83. The number of nitrogens with zero attached hydrogens (tertiary/aromatic N) is 5. The SMILES string of the molecule is CCc1ccc2nc(N(CCN(CC)CC)C(=O)c3ccnn3C(C)C)sc2c1. The summed E-state index contributed by atoms with van der Waals surface area (Å²) in [4.78, 5) is 22.5. The molecule has 2 aromatic heterocycles. The van der Waals surface area contributed by atoms with Gasteiger partial charge in [-0.3, -0.25) is 14.4 Å². The van der Waals surface area contributed by atoms with E-state index in [4.69, 9.17) is 4.98 Å². The van der Waals surface area contributed by atoms with Gasteiger partial charge in [-0.2, -0.15) is 5.10 Å². The predicted molar refractivity (Wildman–Crippen MR) is 121 cm³/mol. The summed E-state index contributed by atoms with van der Waals surface area (Å²) in [5, 5.41) is 5.10. The largest absolute Gasteiger partial charge is 0.302 e. The van der Waals surface area contributed by atoms with Crippen molar-refractivity contribution in [2.75, 3.05) is 31.1 Å². The number of thiazole rings is 1. The molecule has 3 aromatic rings. The highest BCUT2D eigenvalue weighted by Crippen LogP contribution is 2.31. The first-order valence-corrected chi connectivity index (χ1v) is 11.3. The van der Waals surface area contributed by atoms with Crippen molar-refractivity contribution in [2.24, 2.45) is 0 Å². The second-order valence-electron chi connectivity index (χ2n) is 7.39. The standard InChI is InChI=1S/C22H31N5OS/c1-6-17-9-10-18-20(15-17)29-22(24-18)26(14-13-25(7-2)8-3)21(28)19-11-12-23-27(19)16(4)5/h9-12,15-16H,6-8,13-14H2,1-5H3. The fourth-order valence-electron chi connectivity index (χ4n) is 3.39. The Morgan fingerprint density at radius 2 is 1.90 bits per heavy atom. The molecule has 0 radical (unpaired) electrons. The summed E-state index contributed by atoms with van der Waals surface area (Å²) in [6, 6.07) is 8.27. The lowest BCUT2D eigenvalue weighted by molar-refractivity contribution is 0.0971. The molecule has 0 aliphatic carbocycles. The van der Waals surface area contributed by atoms with Crippen molar-refractivity contribution < 1.29 is 4.79 Å². The van der Waals surface area contributed by atoms with Crippen molar-refractivity contribution in [3.63, 3.8) is 0 Å². The maximum atomic E-state index is 13.5. The number of carbonyl (C=O) groups excluding carboxylic acids is 1. The second-order valence-corrected chi connectivity index (χ2v) is 8.40. The van der Waals surface area contributed by atoms with Crippen LogP contribution in [-0.2, 0) is 6.42 Å². The van der Waals surface area contributed by atoms with Crippen molar-refractivity contribution in [1.82, 2.24) is 19.7 Å². The molecule has 0 saturated carbocycles. The van der Waals surface area contributed by atoms with E-state index in [1.54, 1.807) is 28.3 Å². The average Bonchev–Trinajstić information content (AvgIpc) is 3.37. The number of aromatic nitrogens is 3. The van der Waals surface area contributed by atoms with Gasteiger partial charge in [0.25, 0.3) is 5.91 Å². The summed E-state index contributed by atoms with van der Waals surface area (Å²) in [6.07, 6.45) is 2.68. The van der Waals surface area contributed by atoms with Crippen LogP contribution in [0, 0.1) is 0 Å². The molecule has 0 N–H and O–H groups in total. The number of carbonyl (C=O) groups is 1. The summed E-state index contributed by atoms with van der Waals surface area (Å²) in [5.74, 6) is -0.0434. The molecule has 3 rings (SSSR count). The minimum Gasteiger partial charge on any atom is -0.302 e. The molecule has 156 valence electrons. The molecular formula is C22H31N5OS. The molecule has 7 heteroatoms. The van der Waals surface area contributed by atoms with Crippen LogP contribution in [0.3, 0.4) is 0 Å². The van der Waals surface area contributed by atoms with Crippen LogP contribution in [0.1, 0.15) is 56.7 Å². The van der Waals surface area contributed by atoms with Crippen LogP contribution in [0.15, 0.2) is 30.5 Å². The van der Waals surface area contributed by atoms with Crippen molar-refractivity contribution >= 4 is 32.6 Å². The molecule has 2 heterocycles. The molecular weight excluding hydrogens is 382 g/mol. The molecule has 0 aliphatic rings. The fourth-order valence-corrected chi connectivity index (χ4v) is 4.44. The van der Waals surface area contributed by atoms with Gasteiger partial charge < -0.3 is 4.90 Å². The quantitative estimate of drug-likeness (QED) is 0.513. The first kappa shape index (κ1) is 21.5. The Bertz CT molecular complexity index is 957. The Morgan fingerprint density at radius 1 is 1.14 bits per heavy atom. The van der Waals surface area contributed by atoms with Crippen LogP contribution in [-0.4, -0.2) is 51.8 Å². The normalized spacial score (nSPS) is 11.7. The number of rotatable bonds is 9. The smallest absolute Gasteiger partial charge is 0.278 e. The van der Waals surface area contributed by atoms with Gasteiger partial charge in [-0.05, 0) is 57.1 Å². The monoisotopic (exact) mass is 413 g/mol. The molecule has 0 bridgehead atoms. The Hall–Kier alpha value is -2.25. The lowest BCUT2D eigenvalue weighted by atomic mass is 10.2. The first-order valence-electron chi connectivity index (χ1n) is 10.5.